The summed E-state index contributed by atoms with van der Waals surface area (Å²) in [5, 5.41) is 0. The maximum absolute atomic E-state index is 10.9. The van der Waals surface area contributed by atoms with Crippen molar-refractivity contribution in [3.63, 3.8) is 0 Å². The van der Waals surface area contributed by atoms with Crippen LogP contribution < -0.4 is 0 Å². The molecule has 2 aliphatic rings. The molecule has 2 aliphatic carbocycles. The van der Waals surface area contributed by atoms with Crippen LogP contribution in [0, 0.1) is 11.8 Å². The number of allylic oxidation sites excluding steroid dienone is 4. The molecule has 10 heavy (non-hydrogen) atoms. The molecule has 0 aromatic carbocycles. The lowest BCUT2D eigenvalue weighted by molar-refractivity contribution is -0.113. The summed E-state index contributed by atoms with van der Waals surface area (Å²) in [7, 11) is 0. The van der Waals surface area contributed by atoms with Gasteiger partial charge in [-0.05, 0) is 30.8 Å². The van der Waals surface area contributed by atoms with Crippen LogP contribution in [0.5, 0.6) is 0 Å². The van der Waals surface area contributed by atoms with Crippen LogP contribution in [-0.4, -0.2) is 5.78 Å². The normalized spacial score (nSPS) is 34.7. The number of ketones is 1. The van der Waals surface area contributed by atoms with Gasteiger partial charge in [0.1, 0.15) is 0 Å². The molecule has 2 unspecified atom stereocenters. The van der Waals surface area contributed by atoms with Crippen LogP contribution in [0.1, 0.15) is 13.3 Å². The third-order valence-electron chi connectivity index (χ3n) is 2.28. The Balaban J connectivity index is 2.28. The van der Waals surface area contributed by atoms with E-state index in [1.54, 1.807) is 6.92 Å². The molecule has 0 radical (unpaired) electrons. The SMILES string of the molecule is CC(=O)C1=CC=CC2CC12. The molecule has 1 saturated carbocycles. The van der Waals surface area contributed by atoms with Crippen LogP contribution in [0.15, 0.2) is 23.8 Å². The molecule has 0 heterocycles. The highest BCUT2D eigenvalue weighted by molar-refractivity contribution is 5.95. The van der Waals surface area contributed by atoms with E-state index in [0.29, 0.717) is 11.8 Å². The average molecular weight is 134 g/mol. The monoisotopic (exact) mass is 134 g/mol. The lowest BCUT2D eigenvalue weighted by Crippen LogP contribution is -2.01. The Morgan fingerprint density at radius 3 is 3.10 bits per heavy atom. The van der Waals surface area contributed by atoms with E-state index in [9.17, 15) is 4.79 Å². The van der Waals surface area contributed by atoms with Crippen molar-refractivity contribution in [3.8, 4) is 0 Å². The summed E-state index contributed by atoms with van der Waals surface area (Å²) in [5.74, 6) is 1.53. The number of rotatable bonds is 1. The Hall–Kier alpha value is -0.850. The summed E-state index contributed by atoms with van der Waals surface area (Å²) in [6.45, 7) is 1.65. The maximum Gasteiger partial charge on any atom is 0.156 e. The first kappa shape index (κ1) is 5.90. The van der Waals surface area contributed by atoms with E-state index in [2.05, 4.69) is 6.08 Å². The lowest BCUT2D eigenvalue weighted by Gasteiger charge is -2.02. The van der Waals surface area contributed by atoms with Gasteiger partial charge >= 0.3 is 0 Å². The summed E-state index contributed by atoms with van der Waals surface area (Å²) in [6, 6.07) is 0. The van der Waals surface area contributed by atoms with Crippen molar-refractivity contribution < 1.29 is 4.79 Å². The third kappa shape index (κ3) is 0.737. The molecule has 52 valence electrons. The first-order valence-corrected chi connectivity index (χ1v) is 3.68. The molecule has 0 aliphatic heterocycles. The van der Waals surface area contributed by atoms with Crippen molar-refractivity contribution in [3.05, 3.63) is 23.8 Å². The molecule has 0 spiro atoms. The highest BCUT2D eigenvalue weighted by atomic mass is 16.1. The molecule has 0 saturated heterocycles. The van der Waals surface area contributed by atoms with Gasteiger partial charge in [-0.1, -0.05) is 18.2 Å². The first-order valence-electron chi connectivity index (χ1n) is 3.68. The van der Waals surface area contributed by atoms with E-state index >= 15 is 0 Å². The van der Waals surface area contributed by atoms with Gasteiger partial charge in [-0.15, -0.1) is 0 Å². The number of carbonyl (C=O) groups excluding carboxylic acids is 1. The van der Waals surface area contributed by atoms with Crippen molar-refractivity contribution in [1.29, 1.82) is 0 Å². The van der Waals surface area contributed by atoms with Gasteiger partial charge in [0.2, 0.25) is 0 Å². The Labute approximate surface area is 60.4 Å². The lowest BCUT2D eigenvalue weighted by atomic mass is 10.0. The van der Waals surface area contributed by atoms with Crippen LogP contribution in [0.25, 0.3) is 0 Å². The van der Waals surface area contributed by atoms with Crippen molar-refractivity contribution in [1.82, 2.24) is 0 Å². The molecule has 1 fully saturated rings. The van der Waals surface area contributed by atoms with Crippen molar-refractivity contribution in [2.24, 2.45) is 11.8 Å². The zero-order chi connectivity index (χ0) is 7.14. The van der Waals surface area contributed by atoms with Crippen LogP contribution in [0.2, 0.25) is 0 Å². The van der Waals surface area contributed by atoms with E-state index in [4.69, 9.17) is 0 Å². The van der Waals surface area contributed by atoms with E-state index < -0.39 is 0 Å². The molecule has 0 N–H and O–H groups in total. The quantitative estimate of drug-likeness (QED) is 0.533. The molecule has 2 atom stereocenters. The Morgan fingerprint density at radius 2 is 2.50 bits per heavy atom. The fourth-order valence-corrected chi connectivity index (χ4v) is 1.59. The molecule has 0 aromatic heterocycles. The first-order chi connectivity index (χ1) is 4.79. The Morgan fingerprint density at radius 1 is 1.70 bits per heavy atom. The minimum absolute atomic E-state index is 0.247. The maximum atomic E-state index is 10.9. The van der Waals surface area contributed by atoms with Crippen LogP contribution in [-0.2, 0) is 4.79 Å². The van der Waals surface area contributed by atoms with Crippen LogP contribution >= 0.6 is 0 Å². The van der Waals surface area contributed by atoms with Gasteiger partial charge in [-0.3, -0.25) is 4.79 Å². The third-order valence-corrected chi connectivity index (χ3v) is 2.28. The molecule has 1 heteroatoms. The predicted octanol–water partition coefficient (Wildman–Crippen LogP) is 1.71. The number of fused-ring (bicyclic) bond motifs is 1. The zero-order valence-electron chi connectivity index (χ0n) is 6.00. The summed E-state index contributed by atoms with van der Waals surface area (Å²) in [6.07, 6.45) is 7.35. The smallest absolute Gasteiger partial charge is 0.156 e. The van der Waals surface area contributed by atoms with Gasteiger partial charge in [-0.2, -0.15) is 0 Å². The molecule has 0 aromatic rings. The van der Waals surface area contributed by atoms with E-state index in [0.717, 1.165) is 5.57 Å². The standard InChI is InChI=1S/C9H10O/c1-6(10)8-4-2-3-7-5-9(7)8/h2-4,7,9H,5H2,1H3. The van der Waals surface area contributed by atoms with Gasteiger partial charge in [0.15, 0.2) is 5.78 Å². The van der Waals surface area contributed by atoms with Crippen molar-refractivity contribution in [2.75, 3.05) is 0 Å². The summed E-state index contributed by atoms with van der Waals surface area (Å²) in [4.78, 5) is 10.9. The summed E-state index contributed by atoms with van der Waals surface area (Å²) < 4.78 is 0. The minimum Gasteiger partial charge on any atom is -0.295 e. The zero-order valence-corrected chi connectivity index (χ0v) is 6.00. The van der Waals surface area contributed by atoms with Crippen LogP contribution in [0.3, 0.4) is 0 Å². The number of carbonyl (C=O) groups is 1. The molecule has 1 nitrogen and oxygen atoms in total. The second kappa shape index (κ2) is 1.82. The molecule has 0 amide bonds. The van der Waals surface area contributed by atoms with Gasteiger partial charge in [0, 0.05) is 0 Å². The fourth-order valence-electron chi connectivity index (χ4n) is 1.59. The van der Waals surface area contributed by atoms with E-state index in [1.807, 2.05) is 12.2 Å². The topological polar surface area (TPSA) is 17.1 Å². The van der Waals surface area contributed by atoms with E-state index in [1.165, 1.54) is 6.42 Å². The van der Waals surface area contributed by atoms with Crippen molar-refractivity contribution >= 4 is 5.78 Å². The molecular formula is C9H10O. The number of hydrogen-bond donors (Lipinski definition) is 0. The fraction of sp³-hybridized carbons (Fsp3) is 0.444. The van der Waals surface area contributed by atoms with Gasteiger partial charge in [0.05, 0.1) is 0 Å². The number of hydrogen-bond acceptors (Lipinski definition) is 1. The predicted molar refractivity (Wildman–Crippen MR) is 39.5 cm³/mol. The Bertz CT molecular complexity index is 235. The molecular weight excluding hydrogens is 124 g/mol. The van der Waals surface area contributed by atoms with Gasteiger partial charge < -0.3 is 0 Å². The van der Waals surface area contributed by atoms with Crippen molar-refractivity contribution in [2.45, 2.75) is 13.3 Å². The molecule has 2 rings (SSSR count). The van der Waals surface area contributed by atoms with Gasteiger partial charge in [-0.25, -0.2) is 0 Å². The van der Waals surface area contributed by atoms with E-state index in [-0.39, 0.29) is 5.78 Å². The number of Topliss-reactive ketones (excluding diaryl/α,β-unsaturated/α-hetero) is 1. The second-order valence-corrected chi connectivity index (χ2v) is 3.07. The second-order valence-electron chi connectivity index (χ2n) is 3.07. The largest absolute Gasteiger partial charge is 0.295 e. The highest BCUT2D eigenvalue weighted by Gasteiger charge is 2.40. The van der Waals surface area contributed by atoms with Gasteiger partial charge in [0.25, 0.3) is 0 Å². The Kier molecular flexibility index (Phi) is 1.07. The molecule has 0 bridgehead atoms. The highest BCUT2D eigenvalue weighted by Crippen LogP contribution is 2.47. The van der Waals surface area contributed by atoms with Crippen LogP contribution in [0.4, 0.5) is 0 Å². The summed E-state index contributed by atoms with van der Waals surface area (Å²) in [5.41, 5.74) is 1.03. The average Bonchev–Trinajstić information content (AvgIpc) is 2.63. The summed E-state index contributed by atoms with van der Waals surface area (Å²) >= 11 is 0. The minimum atomic E-state index is 0.247.